The first-order chi connectivity index (χ1) is 12.1. The Balaban J connectivity index is 2.05. The zero-order chi connectivity index (χ0) is 19.3. The molecule has 2 aromatic rings. The average Bonchev–Trinajstić information content (AvgIpc) is 2.43. The van der Waals surface area contributed by atoms with E-state index in [1.54, 1.807) is 19.9 Å². The van der Waals surface area contributed by atoms with E-state index in [0.29, 0.717) is 11.5 Å². The van der Waals surface area contributed by atoms with Gasteiger partial charge in [0, 0.05) is 23.5 Å². The van der Waals surface area contributed by atoms with Crippen LogP contribution in [0, 0.1) is 6.92 Å². The van der Waals surface area contributed by atoms with Crippen LogP contribution in [-0.2, 0) is 0 Å². The Bertz CT molecular complexity index is 782. The van der Waals surface area contributed by atoms with Crippen molar-refractivity contribution >= 4 is 23.5 Å². The Hall–Kier alpha value is -3.08. The lowest BCUT2D eigenvalue weighted by Gasteiger charge is -2.12. The van der Waals surface area contributed by atoms with Crippen LogP contribution in [-0.4, -0.2) is 28.5 Å². The van der Waals surface area contributed by atoms with Gasteiger partial charge in [0.15, 0.2) is 0 Å². The number of alkyl halides is 3. The lowest BCUT2D eigenvalue weighted by molar-refractivity contribution is -0.274. The monoisotopic (exact) mass is 370 g/mol. The molecule has 0 fully saturated rings. The van der Waals surface area contributed by atoms with Gasteiger partial charge >= 0.3 is 12.4 Å². The molecule has 0 radical (unpaired) electrons. The number of carbonyl (C=O) groups excluding carboxylic acids is 1. The van der Waals surface area contributed by atoms with Crippen LogP contribution in [0.2, 0.25) is 0 Å². The minimum Gasteiger partial charge on any atom is -0.406 e. The normalized spacial score (nSPS) is 12.2. The molecule has 1 unspecified atom stereocenters. The van der Waals surface area contributed by atoms with E-state index in [9.17, 15) is 18.0 Å². The van der Waals surface area contributed by atoms with Crippen molar-refractivity contribution in [2.24, 2.45) is 5.73 Å². The summed E-state index contributed by atoms with van der Waals surface area (Å²) in [6, 6.07) is 5.78. The first-order valence-electron chi connectivity index (χ1n) is 7.42. The molecule has 11 heteroatoms. The Labute approximate surface area is 147 Å². The molecule has 1 heterocycles. The second-order valence-corrected chi connectivity index (χ2v) is 5.31. The summed E-state index contributed by atoms with van der Waals surface area (Å²) < 4.78 is 40.5. The summed E-state index contributed by atoms with van der Waals surface area (Å²) in [5.41, 5.74) is 6.31. The summed E-state index contributed by atoms with van der Waals surface area (Å²) in [7, 11) is 0. The molecule has 5 N–H and O–H groups in total. The predicted octanol–water partition coefficient (Wildman–Crippen LogP) is 3.04. The van der Waals surface area contributed by atoms with Gasteiger partial charge in [-0.25, -0.2) is 9.78 Å². The van der Waals surface area contributed by atoms with Gasteiger partial charge in [0.2, 0.25) is 5.95 Å². The number of ether oxygens (including phenoxy) is 1. The number of carbonyl (C=O) groups is 1. The van der Waals surface area contributed by atoms with Crippen LogP contribution in [0.5, 0.6) is 5.75 Å². The van der Waals surface area contributed by atoms with Crippen LogP contribution in [0.4, 0.5) is 35.4 Å². The summed E-state index contributed by atoms with van der Waals surface area (Å²) in [5.74, 6) is -0.0257. The van der Waals surface area contributed by atoms with Gasteiger partial charge in [-0.15, -0.1) is 13.2 Å². The number of nitrogens with one attached hydrogen (secondary N) is 3. The van der Waals surface area contributed by atoms with Crippen molar-refractivity contribution in [1.82, 2.24) is 9.97 Å². The quantitative estimate of drug-likeness (QED) is 0.602. The largest absolute Gasteiger partial charge is 0.573 e. The maximum Gasteiger partial charge on any atom is 0.573 e. The lowest BCUT2D eigenvalue weighted by atomic mass is 10.3. The fraction of sp³-hybridized carbons (Fsp3) is 0.267. The zero-order valence-corrected chi connectivity index (χ0v) is 13.9. The van der Waals surface area contributed by atoms with Crippen molar-refractivity contribution in [1.29, 1.82) is 0 Å². The summed E-state index contributed by atoms with van der Waals surface area (Å²) >= 11 is 0. The Morgan fingerprint density at radius 3 is 2.62 bits per heavy atom. The number of aryl methyl sites for hydroxylation is 1. The number of hydrogen-bond donors (Lipinski definition) is 4. The van der Waals surface area contributed by atoms with E-state index in [4.69, 9.17) is 5.73 Å². The average molecular weight is 370 g/mol. The van der Waals surface area contributed by atoms with Crippen LogP contribution in [0.1, 0.15) is 12.6 Å². The van der Waals surface area contributed by atoms with E-state index in [1.165, 1.54) is 12.1 Å². The number of rotatable bonds is 5. The first kappa shape index (κ1) is 19.2. The molecular formula is C15H17F3N6O2. The van der Waals surface area contributed by atoms with Gasteiger partial charge < -0.3 is 21.1 Å². The highest BCUT2D eigenvalue weighted by molar-refractivity contribution is 5.98. The van der Waals surface area contributed by atoms with Gasteiger partial charge in [-0.1, -0.05) is 6.07 Å². The number of halogens is 3. The molecule has 1 atom stereocenters. The highest BCUT2D eigenvalue weighted by Crippen LogP contribution is 2.25. The van der Waals surface area contributed by atoms with Crippen molar-refractivity contribution in [3.63, 3.8) is 0 Å². The number of urea groups is 1. The lowest BCUT2D eigenvalue weighted by Crippen LogP contribution is -2.26. The van der Waals surface area contributed by atoms with E-state index < -0.39 is 18.1 Å². The number of nitrogens with zero attached hydrogens (tertiary/aromatic N) is 2. The smallest absolute Gasteiger partial charge is 0.406 e. The topological polar surface area (TPSA) is 114 Å². The second-order valence-electron chi connectivity index (χ2n) is 5.31. The predicted molar refractivity (Wildman–Crippen MR) is 89.8 cm³/mol. The molecule has 1 aromatic heterocycles. The molecule has 8 nitrogen and oxygen atoms in total. The molecule has 26 heavy (non-hydrogen) atoms. The maximum atomic E-state index is 12.2. The Kier molecular flexibility index (Phi) is 5.82. The molecule has 0 aliphatic carbocycles. The van der Waals surface area contributed by atoms with Gasteiger partial charge in [0.05, 0.1) is 6.17 Å². The van der Waals surface area contributed by atoms with Crippen LogP contribution >= 0.6 is 0 Å². The minimum atomic E-state index is -4.82. The highest BCUT2D eigenvalue weighted by Gasteiger charge is 2.31. The first-order valence-corrected chi connectivity index (χ1v) is 7.42. The van der Waals surface area contributed by atoms with Gasteiger partial charge in [-0.2, -0.15) is 4.98 Å². The third-order valence-corrected chi connectivity index (χ3v) is 2.78. The molecule has 0 saturated carbocycles. The minimum absolute atomic E-state index is 0.00773. The summed E-state index contributed by atoms with van der Waals surface area (Å²) in [6.07, 6.45) is -5.18. The Morgan fingerprint density at radius 2 is 1.96 bits per heavy atom. The van der Waals surface area contributed by atoms with E-state index in [2.05, 4.69) is 30.7 Å². The SMILES string of the molecule is Cc1cc(NC(C)N)nc(NC(=O)Nc2cccc(OC(F)(F)F)c2)n1. The molecule has 0 aliphatic heterocycles. The summed E-state index contributed by atoms with van der Waals surface area (Å²) in [5, 5.41) is 7.64. The molecule has 0 spiro atoms. The molecule has 0 saturated heterocycles. The number of hydrogen-bond acceptors (Lipinski definition) is 6. The molecule has 2 rings (SSSR count). The van der Waals surface area contributed by atoms with Crippen molar-refractivity contribution in [2.75, 3.05) is 16.0 Å². The molecule has 140 valence electrons. The van der Waals surface area contributed by atoms with Crippen molar-refractivity contribution in [3.8, 4) is 5.75 Å². The standard InChI is InChI=1S/C15H17F3N6O2/c1-8-6-12(21-9(2)19)23-13(20-8)24-14(25)22-10-4-3-5-11(7-10)26-15(16,17)18/h3-7,9H,19H2,1-2H3,(H3,20,21,22,23,24,25). The fourth-order valence-corrected chi connectivity index (χ4v) is 1.97. The van der Waals surface area contributed by atoms with Crippen LogP contribution in [0.25, 0.3) is 0 Å². The van der Waals surface area contributed by atoms with E-state index >= 15 is 0 Å². The van der Waals surface area contributed by atoms with Crippen LogP contribution in [0.15, 0.2) is 30.3 Å². The molecule has 0 aliphatic rings. The number of benzene rings is 1. The molecule has 2 amide bonds. The summed E-state index contributed by atoms with van der Waals surface area (Å²) in [4.78, 5) is 20.1. The highest BCUT2D eigenvalue weighted by atomic mass is 19.4. The Morgan fingerprint density at radius 1 is 1.23 bits per heavy atom. The van der Waals surface area contributed by atoms with Crippen molar-refractivity contribution in [2.45, 2.75) is 26.4 Å². The third kappa shape index (κ3) is 6.43. The number of aromatic nitrogens is 2. The second kappa shape index (κ2) is 7.87. The van der Waals surface area contributed by atoms with Gasteiger partial charge in [-0.05, 0) is 26.0 Å². The maximum absolute atomic E-state index is 12.2. The molecular weight excluding hydrogens is 353 g/mol. The van der Waals surface area contributed by atoms with Gasteiger partial charge in [-0.3, -0.25) is 5.32 Å². The molecule has 1 aromatic carbocycles. The van der Waals surface area contributed by atoms with Crippen molar-refractivity contribution < 1.29 is 22.7 Å². The number of anilines is 3. The summed E-state index contributed by atoms with van der Waals surface area (Å²) in [6.45, 7) is 3.42. The van der Waals surface area contributed by atoms with Crippen molar-refractivity contribution in [3.05, 3.63) is 36.0 Å². The van der Waals surface area contributed by atoms with E-state index in [1.807, 2.05) is 0 Å². The zero-order valence-electron chi connectivity index (χ0n) is 13.9. The van der Waals surface area contributed by atoms with Crippen LogP contribution in [0.3, 0.4) is 0 Å². The van der Waals surface area contributed by atoms with E-state index in [-0.39, 0.29) is 17.8 Å². The van der Waals surface area contributed by atoms with Gasteiger partial charge in [0.25, 0.3) is 0 Å². The number of amides is 2. The molecule has 0 bridgehead atoms. The van der Waals surface area contributed by atoms with Crippen LogP contribution < -0.4 is 26.4 Å². The number of nitrogens with two attached hydrogens (primary N) is 1. The van der Waals surface area contributed by atoms with E-state index in [0.717, 1.165) is 12.1 Å². The third-order valence-electron chi connectivity index (χ3n) is 2.78. The van der Waals surface area contributed by atoms with Gasteiger partial charge in [0.1, 0.15) is 11.6 Å². The fourth-order valence-electron chi connectivity index (χ4n) is 1.97.